The lowest BCUT2D eigenvalue weighted by Crippen LogP contribution is -2.35. The van der Waals surface area contributed by atoms with E-state index in [2.05, 4.69) is 6.58 Å². The van der Waals surface area contributed by atoms with Crippen molar-refractivity contribution in [2.75, 3.05) is 38.7 Å². The van der Waals surface area contributed by atoms with Crippen molar-refractivity contribution in [1.29, 1.82) is 5.26 Å². The van der Waals surface area contributed by atoms with Crippen LogP contribution in [0.1, 0.15) is 19.4 Å². The summed E-state index contributed by atoms with van der Waals surface area (Å²) < 4.78 is 5.00. The van der Waals surface area contributed by atoms with Gasteiger partial charge in [-0.05, 0) is 37.6 Å². The molecule has 0 aromatic heterocycles. The summed E-state index contributed by atoms with van der Waals surface area (Å²) in [5, 5.41) is 9.21. The number of likely N-dealkylation sites (N-methyl/N-ethyl adjacent to an activating group) is 1. The fourth-order valence-corrected chi connectivity index (χ4v) is 2.17. The van der Waals surface area contributed by atoms with Gasteiger partial charge in [0.05, 0.1) is 0 Å². The SMILES string of the molecule is C=C(C)CN(CC)C(=O)COC(=O)/C(C#N)=C/c1ccc(N(C)C)cc1. The standard InChI is InChI=1S/C20H25N3O3/c1-6-23(13-15(2)3)19(24)14-26-20(25)17(12-21)11-16-7-9-18(10-8-16)22(4)5/h7-11H,2,6,13-14H2,1,3-5H3/b17-11+. The van der Waals surface area contributed by atoms with Crippen LogP contribution in [0.2, 0.25) is 0 Å². The molecule has 1 aromatic carbocycles. The number of esters is 1. The van der Waals surface area contributed by atoms with Gasteiger partial charge in [0, 0.05) is 32.9 Å². The Labute approximate surface area is 155 Å². The smallest absolute Gasteiger partial charge is 0.349 e. The summed E-state index contributed by atoms with van der Waals surface area (Å²) in [5.41, 5.74) is 2.39. The van der Waals surface area contributed by atoms with Crippen LogP contribution in [0.15, 0.2) is 42.0 Å². The van der Waals surface area contributed by atoms with E-state index in [0.717, 1.165) is 11.3 Å². The molecule has 0 fully saturated rings. The zero-order valence-corrected chi connectivity index (χ0v) is 15.8. The summed E-state index contributed by atoms with van der Waals surface area (Å²) in [5.74, 6) is -1.14. The van der Waals surface area contributed by atoms with E-state index >= 15 is 0 Å². The maximum Gasteiger partial charge on any atom is 0.349 e. The molecule has 0 spiro atoms. The molecule has 6 heteroatoms. The molecule has 6 nitrogen and oxygen atoms in total. The molecule has 138 valence electrons. The summed E-state index contributed by atoms with van der Waals surface area (Å²) in [6.07, 6.45) is 1.44. The Morgan fingerprint density at radius 2 is 1.88 bits per heavy atom. The molecule has 1 aromatic rings. The van der Waals surface area contributed by atoms with Crippen LogP contribution in [0, 0.1) is 11.3 Å². The quantitative estimate of drug-likeness (QED) is 0.310. The number of anilines is 1. The summed E-state index contributed by atoms with van der Waals surface area (Å²) in [6.45, 7) is 7.92. The number of benzene rings is 1. The molecule has 0 aliphatic heterocycles. The molecule has 0 N–H and O–H groups in total. The summed E-state index contributed by atoms with van der Waals surface area (Å²) in [7, 11) is 3.85. The zero-order valence-electron chi connectivity index (χ0n) is 15.8. The molecule has 0 unspecified atom stereocenters. The Bertz CT molecular complexity index is 728. The van der Waals surface area contributed by atoms with Crippen molar-refractivity contribution in [2.45, 2.75) is 13.8 Å². The van der Waals surface area contributed by atoms with Crippen LogP contribution in [0.4, 0.5) is 5.69 Å². The topological polar surface area (TPSA) is 73.6 Å². The number of carbonyl (C=O) groups excluding carboxylic acids is 2. The second kappa shape index (κ2) is 10.0. The lowest BCUT2D eigenvalue weighted by atomic mass is 10.1. The molecular weight excluding hydrogens is 330 g/mol. The van der Waals surface area contributed by atoms with Crippen LogP contribution in [0.3, 0.4) is 0 Å². The van der Waals surface area contributed by atoms with Crippen LogP contribution in [0.5, 0.6) is 0 Å². The number of rotatable bonds is 8. The molecule has 0 radical (unpaired) electrons. The Balaban J connectivity index is 2.75. The molecule has 0 aliphatic rings. The van der Waals surface area contributed by atoms with E-state index in [9.17, 15) is 14.9 Å². The summed E-state index contributed by atoms with van der Waals surface area (Å²) in [6, 6.07) is 9.19. The average molecular weight is 355 g/mol. The minimum absolute atomic E-state index is 0.154. The Hall–Kier alpha value is -3.07. The third-order valence-electron chi connectivity index (χ3n) is 3.58. The first kappa shape index (κ1) is 21.0. The molecule has 0 saturated heterocycles. The van der Waals surface area contributed by atoms with Gasteiger partial charge in [0.2, 0.25) is 0 Å². The first-order valence-electron chi connectivity index (χ1n) is 8.27. The first-order chi connectivity index (χ1) is 12.3. The summed E-state index contributed by atoms with van der Waals surface area (Å²) in [4.78, 5) is 27.6. The van der Waals surface area contributed by atoms with Gasteiger partial charge in [-0.25, -0.2) is 4.79 Å². The van der Waals surface area contributed by atoms with Crippen LogP contribution in [-0.4, -0.2) is 50.6 Å². The van der Waals surface area contributed by atoms with Gasteiger partial charge < -0.3 is 14.5 Å². The molecule has 0 heterocycles. The van der Waals surface area contributed by atoms with Gasteiger partial charge in [-0.15, -0.1) is 0 Å². The highest BCUT2D eigenvalue weighted by Gasteiger charge is 2.17. The van der Waals surface area contributed by atoms with E-state index in [4.69, 9.17) is 4.74 Å². The largest absolute Gasteiger partial charge is 0.451 e. The van der Waals surface area contributed by atoms with Crippen molar-refractivity contribution in [3.8, 4) is 6.07 Å². The number of amides is 1. The second-order valence-corrected chi connectivity index (χ2v) is 6.10. The third kappa shape index (κ3) is 6.44. The van der Waals surface area contributed by atoms with E-state index in [1.54, 1.807) is 12.1 Å². The van der Waals surface area contributed by atoms with Crippen molar-refractivity contribution in [3.63, 3.8) is 0 Å². The predicted molar refractivity (Wildman–Crippen MR) is 102 cm³/mol. The Kier molecular flexibility index (Phi) is 8.10. The van der Waals surface area contributed by atoms with Crippen molar-refractivity contribution in [3.05, 3.63) is 47.6 Å². The fraction of sp³-hybridized carbons (Fsp3) is 0.350. The van der Waals surface area contributed by atoms with Gasteiger partial charge in [-0.1, -0.05) is 24.3 Å². The van der Waals surface area contributed by atoms with Crippen LogP contribution >= 0.6 is 0 Å². The van der Waals surface area contributed by atoms with Crippen LogP contribution < -0.4 is 4.90 Å². The highest BCUT2D eigenvalue weighted by Crippen LogP contribution is 2.15. The lowest BCUT2D eigenvalue weighted by Gasteiger charge is -2.20. The van der Waals surface area contributed by atoms with Gasteiger partial charge in [-0.3, -0.25) is 4.79 Å². The second-order valence-electron chi connectivity index (χ2n) is 6.10. The van der Waals surface area contributed by atoms with Gasteiger partial charge in [0.1, 0.15) is 11.6 Å². The minimum Gasteiger partial charge on any atom is -0.451 e. The number of carbonyl (C=O) groups is 2. The average Bonchev–Trinajstić information content (AvgIpc) is 2.61. The van der Waals surface area contributed by atoms with Crippen LogP contribution in [-0.2, 0) is 14.3 Å². The highest BCUT2D eigenvalue weighted by atomic mass is 16.5. The van der Waals surface area contributed by atoms with Gasteiger partial charge >= 0.3 is 5.97 Å². The van der Waals surface area contributed by atoms with E-state index in [-0.39, 0.29) is 11.5 Å². The number of ether oxygens (including phenoxy) is 1. The lowest BCUT2D eigenvalue weighted by molar-refractivity contribution is -0.148. The molecule has 0 aliphatic carbocycles. The van der Waals surface area contributed by atoms with Crippen molar-refractivity contribution < 1.29 is 14.3 Å². The molecular formula is C20H25N3O3. The van der Waals surface area contributed by atoms with Crippen molar-refractivity contribution in [2.24, 2.45) is 0 Å². The van der Waals surface area contributed by atoms with Gasteiger partial charge in [-0.2, -0.15) is 5.26 Å². The van der Waals surface area contributed by atoms with E-state index in [1.807, 2.05) is 51.0 Å². The first-order valence-corrected chi connectivity index (χ1v) is 8.27. The predicted octanol–water partition coefficient (Wildman–Crippen LogP) is 2.63. The van der Waals surface area contributed by atoms with E-state index in [0.29, 0.717) is 18.7 Å². The normalized spacial score (nSPS) is 10.7. The van der Waals surface area contributed by atoms with E-state index < -0.39 is 12.6 Å². The Morgan fingerprint density at radius 1 is 1.27 bits per heavy atom. The molecule has 1 amide bonds. The minimum atomic E-state index is -0.816. The maximum absolute atomic E-state index is 12.1. The third-order valence-corrected chi connectivity index (χ3v) is 3.58. The number of hydrogen-bond acceptors (Lipinski definition) is 5. The van der Waals surface area contributed by atoms with Gasteiger partial charge in [0.25, 0.3) is 5.91 Å². The molecule has 1 rings (SSSR count). The highest BCUT2D eigenvalue weighted by molar-refractivity contribution is 5.98. The Morgan fingerprint density at radius 3 is 2.35 bits per heavy atom. The van der Waals surface area contributed by atoms with Crippen molar-refractivity contribution in [1.82, 2.24) is 4.90 Å². The number of nitrogens with zero attached hydrogens (tertiary/aromatic N) is 3. The van der Waals surface area contributed by atoms with Gasteiger partial charge in [0.15, 0.2) is 6.61 Å². The number of nitriles is 1. The molecule has 0 saturated carbocycles. The summed E-state index contributed by atoms with van der Waals surface area (Å²) >= 11 is 0. The molecule has 0 bridgehead atoms. The zero-order chi connectivity index (χ0) is 19.7. The van der Waals surface area contributed by atoms with E-state index in [1.165, 1.54) is 11.0 Å². The molecule has 0 atom stereocenters. The maximum atomic E-state index is 12.1. The van der Waals surface area contributed by atoms with Crippen molar-refractivity contribution >= 4 is 23.6 Å². The number of hydrogen-bond donors (Lipinski definition) is 0. The molecule has 26 heavy (non-hydrogen) atoms. The fourth-order valence-electron chi connectivity index (χ4n) is 2.17. The monoisotopic (exact) mass is 355 g/mol. The van der Waals surface area contributed by atoms with Crippen LogP contribution in [0.25, 0.3) is 6.08 Å².